The van der Waals surface area contributed by atoms with E-state index in [-0.39, 0.29) is 5.91 Å². The van der Waals surface area contributed by atoms with Crippen LogP contribution in [0.2, 0.25) is 5.02 Å². The van der Waals surface area contributed by atoms with Crippen LogP contribution in [0.4, 0.5) is 5.69 Å². The number of nitrogens with one attached hydrogen (secondary N) is 2. The van der Waals surface area contributed by atoms with Gasteiger partial charge in [-0.3, -0.25) is 9.79 Å². The minimum absolute atomic E-state index is 0.0308. The van der Waals surface area contributed by atoms with Crippen molar-refractivity contribution in [3.63, 3.8) is 0 Å². The molecule has 1 saturated carbocycles. The van der Waals surface area contributed by atoms with Crippen LogP contribution in [0.25, 0.3) is 0 Å². The summed E-state index contributed by atoms with van der Waals surface area (Å²) in [7, 11) is 0. The number of amides is 1. The molecule has 0 unspecified atom stereocenters. The highest BCUT2D eigenvalue weighted by atomic mass is 35.5. The number of piperidine rings is 1. The third-order valence-electron chi connectivity index (χ3n) is 4.66. The number of aliphatic imine (C=N–C) groups is 1. The van der Waals surface area contributed by atoms with Crippen molar-refractivity contribution in [1.29, 1.82) is 0 Å². The molecule has 1 aromatic carbocycles. The van der Waals surface area contributed by atoms with Gasteiger partial charge in [0.05, 0.1) is 0 Å². The standard InChI is InChI=1S/C16H18ClN3O/c17-11-3-4-13-12(9-11)14(10-1-2-10)20-16(15(21)19-13)5-7-18-8-6-16/h3-4,9-10,18H,1-2,5-8H2,(H,19,21). The van der Waals surface area contributed by atoms with Crippen molar-refractivity contribution in [2.24, 2.45) is 10.9 Å². The van der Waals surface area contributed by atoms with Crippen molar-refractivity contribution >= 4 is 28.9 Å². The van der Waals surface area contributed by atoms with E-state index in [2.05, 4.69) is 10.6 Å². The fraction of sp³-hybridized carbons (Fsp3) is 0.500. The van der Waals surface area contributed by atoms with Crippen molar-refractivity contribution in [3.05, 3.63) is 28.8 Å². The molecular formula is C16H18ClN3O. The van der Waals surface area contributed by atoms with E-state index in [0.29, 0.717) is 10.9 Å². The number of carbonyl (C=O) groups is 1. The van der Waals surface area contributed by atoms with Gasteiger partial charge in [0.1, 0.15) is 5.54 Å². The zero-order valence-electron chi connectivity index (χ0n) is 11.8. The molecule has 2 fully saturated rings. The third kappa shape index (κ3) is 2.27. The first-order valence-corrected chi connectivity index (χ1v) is 7.98. The Labute approximate surface area is 129 Å². The zero-order valence-corrected chi connectivity index (χ0v) is 12.5. The fourth-order valence-electron chi connectivity index (χ4n) is 3.26. The molecule has 4 nitrogen and oxygen atoms in total. The molecule has 2 N–H and O–H groups in total. The van der Waals surface area contributed by atoms with Gasteiger partial charge in [-0.15, -0.1) is 0 Å². The smallest absolute Gasteiger partial charge is 0.252 e. The number of carbonyl (C=O) groups excluding carboxylic acids is 1. The summed E-state index contributed by atoms with van der Waals surface area (Å²) in [6.45, 7) is 1.68. The number of hydrogen-bond donors (Lipinski definition) is 2. The molecule has 1 aliphatic carbocycles. The molecule has 5 heteroatoms. The van der Waals surface area contributed by atoms with Crippen LogP contribution in [-0.2, 0) is 4.79 Å². The Morgan fingerprint density at radius 2 is 2.00 bits per heavy atom. The normalized spacial score (nSPS) is 24.0. The summed E-state index contributed by atoms with van der Waals surface area (Å²) >= 11 is 6.16. The van der Waals surface area contributed by atoms with Crippen LogP contribution >= 0.6 is 11.6 Å². The largest absolute Gasteiger partial charge is 0.323 e. The van der Waals surface area contributed by atoms with Crippen LogP contribution in [0, 0.1) is 5.92 Å². The Kier molecular flexibility index (Phi) is 3.05. The summed E-state index contributed by atoms with van der Waals surface area (Å²) in [6.07, 6.45) is 3.84. The highest BCUT2D eigenvalue weighted by Crippen LogP contribution is 2.40. The van der Waals surface area contributed by atoms with Crippen LogP contribution in [-0.4, -0.2) is 30.2 Å². The Hall–Kier alpha value is -1.39. The number of rotatable bonds is 1. The van der Waals surface area contributed by atoms with Crippen molar-refractivity contribution < 1.29 is 4.79 Å². The van der Waals surface area contributed by atoms with Gasteiger partial charge in [0.25, 0.3) is 5.91 Å². The Bertz CT molecular complexity index is 630. The minimum atomic E-state index is -0.603. The number of nitrogens with zero attached hydrogens (tertiary/aromatic N) is 1. The Morgan fingerprint density at radius 1 is 1.24 bits per heavy atom. The average Bonchev–Trinajstić information content (AvgIpc) is 3.32. The predicted molar refractivity (Wildman–Crippen MR) is 84.2 cm³/mol. The highest BCUT2D eigenvalue weighted by molar-refractivity contribution is 6.31. The van der Waals surface area contributed by atoms with Gasteiger partial charge in [-0.05, 0) is 57.0 Å². The van der Waals surface area contributed by atoms with E-state index >= 15 is 0 Å². The molecule has 1 spiro atoms. The number of fused-ring (bicyclic) bond motifs is 1. The van der Waals surface area contributed by atoms with Crippen LogP contribution in [0.5, 0.6) is 0 Å². The molecule has 0 radical (unpaired) electrons. The summed E-state index contributed by atoms with van der Waals surface area (Å²) in [5.41, 5.74) is 2.33. The summed E-state index contributed by atoms with van der Waals surface area (Å²) in [5, 5.41) is 7.09. The molecule has 2 aliphatic heterocycles. The first kappa shape index (κ1) is 13.3. The summed E-state index contributed by atoms with van der Waals surface area (Å²) in [6, 6.07) is 5.66. The second-order valence-electron chi connectivity index (χ2n) is 6.20. The highest BCUT2D eigenvalue weighted by Gasteiger charge is 2.44. The molecule has 1 saturated heterocycles. The van der Waals surface area contributed by atoms with Crippen LogP contribution in [0.15, 0.2) is 23.2 Å². The van der Waals surface area contributed by atoms with Gasteiger partial charge in [0.2, 0.25) is 0 Å². The van der Waals surface area contributed by atoms with E-state index in [9.17, 15) is 4.79 Å². The van der Waals surface area contributed by atoms with Gasteiger partial charge < -0.3 is 10.6 Å². The molecule has 4 rings (SSSR count). The van der Waals surface area contributed by atoms with Crippen LogP contribution < -0.4 is 10.6 Å². The van der Waals surface area contributed by atoms with Crippen molar-refractivity contribution in [2.45, 2.75) is 31.2 Å². The number of halogens is 1. The minimum Gasteiger partial charge on any atom is -0.323 e. The van der Waals surface area contributed by atoms with Crippen molar-refractivity contribution in [3.8, 4) is 0 Å². The molecule has 110 valence electrons. The molecule has 1 amide bonds. The van der Waals surface area contributed by atoms with E-state index in [1.807, 2.05) is 18.2 Å². The van der Waals surface area contributed by atoms with Gasteiger partial charge in [-0.1, -0.05) is 11.6 Å². The lowest BCUT2D eigenvalue weighted by molar-refractivity contribution is -0.121. The second kappa shape index (κ2) is 4.82. The monoisotopic (exact) mass is 303 g/mol. The van der Waals surface area contributed by atoms with Crippen molar-refractivity contribution in [1.82, 2.24) is 5.32 Å². The maximum absolute atomic E-state index is 12.7. The first-order valence-electron chi connectivity index (χ1n) is 7.60. The molecular weight excluding hydrogens is 286 g/mol. The number of hydrogen-bond acceptors (Lipinski definition) is 3. The van der Waals surface area contributed by atoms with E-state index in [1.165, 1.54) is 0 Å². The molecule has 3 aliphatic rings. The van der Waals surface area contributed by atoms with Crippen molar-refractivity contribution in [2.75, 3.05) is 18.4 Å². The predicted octanol–water partition coefficient (Wildman–Crippen LogP) is 2.61. The molecule has 2 heterocycles. The van der Waals surface area contributed by atoms with Gasteiger partial charge in [0.15, 0.2) is 0 Å². The average molecular weight is 304 g/mol. The molecule has 0 bridgehead atoms. The lowest BCUT2D eigenvalue weighted by Crippen LogP contribution is -2.49. The maximum Gasteiger partial charge on any atom is 0.252 e. The molecule has 1 aromatic rings. The quantitative estimate of drug-likeness (QED) is 0.838. The number of anilines is 1. The van der Waals surface area contributed by atoms with Gasteiger partial charge >= 0.3 is 0 Å². The topological polar surface area (TPSA) is 53.5 Å². The van der Waals surface area contributed by atoms with Gasteiger partial charge in [-0.2, -0.15) is 0 Å². The third-order valence-corrected chi connectivity index (χ3v) is 4.89. The zero-order chi connectivity index (χ0) is 14.4. The molecule has 21 heavy (non-hydrogen) atoms. The number of benzene rings is 1. The summed E-state index contributed by atoms with van der Waals surface area (Å²) in [5.74, 6) is 0.518. The lowest BCUT2D eigenvalue weighted by Gasteiger charge is -2.32. The Balaban J connectivity index is 1.86. The summed E-state index contributed by atoms with van der Waals surface area (Å²) < 4.78 is 0. The van der Waals surface area contributed by atoms with E-state index in [0.717, 1.165) is 55.7 Å². The van der Waals surface area contributed by atoms with E-state index in [4.69, 9.17) is 16.6 Å². The fourth-order valence-corrected chi connectivity index (χ4v) is 3.44. The SMILES string of the molecule is O=C1Nc2ccc(Cl)cc2C(C2CC2)=NC12CCNCC2. The maximum atomic E-state index is 12.7. The lowest BCUT2D eigenvalue weighted by atomic mass is 9.88. The van der Waals surface area contributed by atoms with Crippen LogP contribution in [0.3, 0.4) is 0 Å². The molecule has 0 atom stereocenters. The second-order valence-corrected chi connectivity index (χ2v) is 6.63. The van der Waals surface area contributed by atoms with Gasteiger partial charge in [-0.25, -0.2) is 0 Å². The summed E-state index contributed by atoms with van der Waals surface area (Å²) in [4.78, 5) is 17.7. The first-order chi connectivity index (χ1) is 10.2. The molecule has 0 aromatic heterocycles. The van der Waals surface area contributed by atoms with E-state index < -0.39 is 5.54 Å². The van der Waals surface area contributed by atoms with Crippen LogP contribution in [0.1, 0.15) is 31.2 Å². The van der Waals surface area contributed by atoms with E-state index in [1.54, 1.807) is 0 Å². The Morgan fingerprint density at radius 3 is 2.71 bits per heavy atom. The van der Waals surface area contributed by atoms with Gasteiger partial charge in [0, 0.05) is 27.9 Å².